The first-order chi connectivity index (χ1) is 7.79. The van der Waals surface area contributed by atoms with E-state index in [1.54, 1.807) is 0 Å². The molecule has 1 heteroatoms. The third-order valence-electron chi connectivity index (χ3n) is 2.59. The largest absolute Gasteiger partial charge is 0.0622 e. The van der Waals surface area contributed by atoms with Crippen molar-refractivity contribution in [3.63, 3.8) is 0 Å². The second-order valence-electron chi connectivity index (χ2n) is 4.13. The third-order valence-corrected chi connectivity index (χ3v) is 5.33. The molecule has 0 amide bonds. The maximum absolute atomic E-state index is 2.31. The molecule has 0 radical (unpaired) electrons. The van der Waals surface area contributed by atoms with Gasteiger partial charge in [0, 0.05) is 0 Å². The average Bonchev–Trinajstić information content (AvgIpc) is 2.31. The van der Waals surface area contributed by atoms with Crippen LogP contribution in [-0.2, 0) is 0 Å². The first-order valence-electron chi connectivity index (χ1n) is 5.68. The smallest absolute Gasteiger partial charge is 0.0186 e. The zero-order valence-electron chi connectivity index (χ0n) is 9.80. The van der Waals surface area contributed by atoms with E-state index in [9.17, 15) is 0 Å². The van der Waals surface area contributed by atoms with E-state index >= 15 is 0 Å². The second-order valence-corrected chi connectivity index (χ2v) is 6.94. The van der Waals surface area contributed by atoms with Crippen LogP contribution in [0.2, 0.25) is 0 Å². The SMILES string of the molecule is CC(C)P(c1ccccc1)c1ccccc1. The van der Waals surface area contributed by atoms with Gasteiger partial charge in [0.15, 0.2) is 0 Å². The predicted octanol–water partition coefficient (Wildman–Crippen LogP) is 3.53. The third kappa shape index (κ3) is 2.51. The Morgan fingerprint density at radius 3 is 1.38 bits per heavy atom. The number of benzene rings is 2. The van der Waals surface area contributed by atoms with Gasteiger partial charge in [-0.15, -0.1) is 0 Å². The van der Waals surface area contributed by atoms with E-state index < -0.39 is 0 Å². The Labute approximate surface area is 99.1 Å². The molecule has 0 aliphatic carbocycles. The van der Waals surface area contributed by atoms with Crippen molar-refractivity contribution in [1.29, 1.82) is 0 Å². The molecule has 0 heterocycles. The van der Waals surface area contributed by atoms with Gasteiger partial charge in [-0.25, -0.2) is 0 Å². The van der Waals surface area contributed by atoms with Gasteiger partial charge in [0.25, 0.3) is 0 Å². The molecule has 0 unspecified atom stereocenters. The highest BCUT2D eigenvalue weighted by atomic mass is 31.1. The highest BCUT2D eigenvalue weighted by Gasteiger charge is 2.16. The number of hydrogen-bond donors (Lipinski definition) is 0. The van der Waals surface area contributed by atoms with Crippen molar-refractivity contribution in [2.24, 2.45) is 0 Å². The molecule has 82 valence electrons. The van der Waals surface area contributed by atoms with Crippen molar-refractivity contribution in [2.75, 3.05) is 0 Å². The minimum Gasteiger partial charge on any atom is -0.0622 e. The van der Waals surface area contributed by atoms with E-state index in [0.717, 1.165) is 0 Å². The standard InChI is InChI=1S/C15H17P/c1-13(2)16(14-9-5-3-6-10-14)15-11-7-4-8-12-15/h3-13H,1-2H3. The van der Waals surface area contributed by atoms with Crippen LogP contribution in [0.3, 0.4) is 0 Å². The molecule has 0 aliphatic heterocycles. The molecule has 0 atom stereocenters. The highest BCUT2D eigenvalue weighted by molar-refractivity contribution is 7.73. The molecule has 0 saturated carbocycles. The Hall–Kier alpha value is -1.13. The zero-order valence-corrected chi connectivity index (χ0v) is 10.7. The van der Waals surface area contributed by atoms with Crippen LogP contribution in [0.25, 0.3) is 0 Å². The molecule has 0 saturated heterocycles. The molecule has 2 aromatic carbocycles. The molecule has 0 nitrogen and oxygen atoms in total. The maximum atomic E-state index is 2.31. The summed E-state index contributed by atoms with van der Waals surface area (Å²) >= 11 is 0. The molecule has 0 N–H and O–H groups in total. The van der Waals surface area contributed by atoms with E-state index in [1.165, 1.54) is 10.6 Å². The van der Waals surface area contributed by atoms with Crippen LogP contribution in [0, 0.1) is 0 Å². The Kier molecular flexibility index (Phi) is 3.74. The summed E-state index contributed by atoms with van der Waals surface area (Å²) in [5.74, 6) is 0. The Morgan fingerprint density at radius 2 is 1.06 bits per heavy atom. The monoisotopic (exact) mass is 228 g/mol. The minimum atomic E-state index is -0.210. The lowest BCUT2D eigenvalue weighted by atomic mass is 10.4. The van der Waals surface area contributed by atoms with Crippen LogP contribution in [0.5, 0.6) is 0 Å². The summed E-state index contributed by atoms with van der Waals surface area (Å²) in [6.45, 7) is 4.62. The molecule has 0 aliphatic rings. The molecular weight excluding hydrogens is 211 g/mol. The molecule has 2 rings (SSSR count). The number of hydrogen-bond acceptors (Lipinski definition) is 0. The fourth-order valence-corrected chi connectivity index (χ4v) is 4.40. The molecule has 0 bridgehead atoms. The van der Waals surface area contributed by atoms with Gasteiger partial charge in [-0.2, -0.15) is 0 Å². The summed E-state index contributed by atoms with van der Waals surface area (Å²) < 4.78 is 0. The van der Waals surface area contributed by atoms with Crippen LogP contribution in [-0.4, -0.2) is 5.66 Å². The van der Waals surface area contributed by atoms with Crippen LogP contribution < -0.4 is 10.6 Å². The van der Waals surface area contributed by atoms with Gasteiger partial charge in [-0.3, -0.25) is 0 Å². The molecular formula is C15H17P. The lowest BCUT2D eigenvalue weighted by Crippen LogP contribution is -2.17. The van der Waals surface area contributed by atoms with Gasteiger partial charge < -0.3 is 0 Å². The summed E-state index contributed by atoms with van der Waals surface area (Å²) in [4.78, 5) is 0. The van der Waals surface area contributed by atoms with Gasteiger partial charge in [-0.05, 0) is 24.2 Å². The minimum absolute atomic E-state index is 0.210. The van der Waals surface area contributed by atoms with Crippen molar-refractivity contribution < 1.29 is 0 Å². The van der Waals surface area contributed by atoms with Crippen molar-refractivity contribution >= 4 is 18.5 Å². The van der Waals surface area contributed by atoms with E-state index in [1.807, 2.05) is 0 Å². The fraction of sp³-hybridized carbons (Fsp3) is 0.200. The van der Waals surface area contributed by atoms with Gasteiger partial charge >= 0.3 is 0 Å². The van der Waals surface area contributed by atoms with Crippen molar-refractivity contribution in [3.05, 3.63) is 60.7 Å². The quantitative estimate of drug-likeness (QED) is 0.705. The molecule has 0 aromatic heterocycles. The molecule has 0 fully saturated rings. The molecule has 0 spiro atoms. The zero-order chi connectivity index (χ0) is 11.4. The van der Waals surface area contributed by atoms with Crippen LogP contribution in [0.4, 0.5) is 0 Å². The van der Waals surface area contributed by atoms with Crippen molar-refractivity contribution in [2.45, 2.75) is 19.5 Å². The molecule has 2 aromatic rings. The van der Waals surface area contributed by atoms with E-state index in [4.69, 9.17) is 0 Å². The first kappa shape index (κ1) is 11.4. The Balaban J connectivity index is 2.40. The summed E-state index contributed by atoms with van der Waals surface area (Å²) in [7, 11) is -0.210. The predicted molar refractivity (Wildman–Crippen MR) is 74.2 cm³/mol. The van der Waals surface area contributed by atoms with Crippen LogP contribution in [0.1, 0.15) is 13.8 Å². The van der Waals surface area contributed by atoms with Gasteiger partial charge in [0.05, 0.1) is 0 Å². The van der Waals surface area contributed by atoms with Gasteiger partial charge in [0.2, 0.25) is 0 Å². The molecule has 16 heavy (non-hydrogen) atoms. The van der Waals surface area contributed by atoms with Crippen LogP contribution >= 0.6 is 7.92 Å². The topological polar surface area (TPSA) is 0 Å². The van der Waals surface area contributed by atoms with Gasteiger partial charge in [0.1, 0.15) is 0 Å². The van der Waals surface area contributed by atoms with E-state index in [-0.39, 0.29) is 7.92 Å². The maximum Gasteiger partial charge on any atom is -0.0186 e. The first-order valence-corrected chi connectivity index (χ1v) is 7.09. The van der Waals surface area contributed by atoms with Crippen molar-refractivity contribution in [3.8, 4) is 0 Å². The van der Waals surface area contributed by atoms with Gasteiger partial charge in [-0.1, -0.05) is 74.5 Å². The lowest BCUT2D eigenvalue weighted by Gasteiger charge is -2.22. The Morgan fingerprint density at radius 1 is 0.688 bits per heavy atom. The summed E-state index contributed by atoms with van der Waals surface area (Å²) in [5, 5.41) is 2.94. The Bertz CT molecular complexity index is 380. The fourth-order valence-electron chi connectivity index (χ4n) is 1.92. The highest BCUT2D eigenvalue weighted by Crippen LogP contribution is 2.38. The van der Waals surface area contributed by atoms with E-state index in [2.05, 4.69) is 74.5 Å². The normalized spacial score (nSPS) is 11.0. The van der Waals surface area contributed by atoms with Crippen molar-refractivity contribution in [1.82, 2.24) is 0 Å². The number of rotatable bonds is 3. The average molecular weight is 228 g/mol. The second kappa shape index (κ2) is 5.27. The lowest BCUT2D eigenvalue weighted by molar-refractivity contribution is 1.10. The summed E-state index contributed by atoms with van der Waals surface area (Å²) in [5.41, 5.74) is 0.680. The van der Waals surface area contributed by atoms with E-state index in [0.29, 0.717) is 5.66 Å². The van der Waals surface area contributed by atoms with Crippen LogP contribution in [0.15, 0.2) is 60.7 Å². The summed E-state index contributed by atoms with van der Waals surface area (Å²) in [6, 6.07) is 21.7. The summed E-state index contributed by atoms with van der Waals surface area (Å²) in [6.07, 6.45) is 0.